The largest absolute Gasteiger partial charge is 0.454 e. The molecule has 1 aliphatic heterocycles. The van der Waals surface area contributed by atoms with E-state index in [-0.39, 0.29) is 19.4 Å². The molecule has 0 radical (unpaired) electrons. The smallest absolute Gasteiger partial charge is 0.306 e. The predicted octanol–water partition coefficient (Wildman–Crippen LogP) is 14.9. The van der Waals surface area contributed by atoms with Crippen molar-refractivity contribution in [3.63, 3.8) is 0 Å². The van der Waals surface area contributed by atoms with Gasteiger partial charge in [-0.15, -0.1) is 0 Å². The van der Waals surface area contributed by atoms with Gasteiger partial charge in [0.1, 0.15) is 24.4 Å². The maximum atomic E-state index is 13.4. The number of amides is 1. The summed E-state index contributed by atoms with van der Waals surface area (Å²) in [6.07, 6.45) is 59.1. The van der Waals surface area contributed by atoms with Gasteiger partial charge in [-0.2, -0.15) is 0 Å². The van der Waals surface area contributed by atoms with Crippen molar-refractivity contribution in [3.05, 3.63) is 85.1 Å². The summed E-state index contributed by atoms with van der Waals surface area (Å²) in [5, 5.41) is 56.9. The molecule has 77 heavy (non-hydrogen) atoms. The number of aliphatic hydroxyl groups excluding tert-OH is 5. The second kappa shape index (κ2) is 53.5. The van der Waals surface area contributed by atoms with Gasteiger partial charge in [-0.25, -0.2) is 0 Å². The molecule has 1 rings (SSSR count). The Morgan fingerprint density at radius 1 is 0.519 bits per heavy atom. The fourth-order valence-corrected chi connectivity index (χ4v) is 9.36. The van der Waals surface area contributed by atoms with E-state index in [1.54, 1.807) is 6.08 Å². The lowest BCUT2D eigenvalue weighted by atomic mass is 9.99. The number of hydrogen-bond donors (Lipinski definition) is 6. The van der Waals surface area contributed by atoms with Gasteiger partial charge in [0.25, 0.3) is 0 Å². The minimum Gasteiger partial charge on any atom is -0.454 e. The number of allylic oxidation sites excluding steroid dienone is 13. The van der Waals surface area contributed by atoms with Crippen LogP contribution in [-0.2, 0) is 23.8 Å². The molecule has 0 aromatic rings. The van der Waals surface area contributed by atoms with Crippen LogP contribution in [0.3, 0.4) is 0 Å². The van der Waals surface area contributed by atoms with Crippen LogP contribution in [0.1, 0.15) is 258 Å². The number of nitrogens with one attached hydrogen (secondary N) is 1. The summed E-state index contributed by atoms with van der Waals surface area (Å²) in [5.74, 6) is -1.21. The highest BCUT2D eigenvalue weighted by atomic mass is 16.7. The third-order valence-electron chi connectivity index (χ3n) is 14.3. The van der Waals surface area contributed by atoms with E-state index >= 15 is 0 Å². The molecule has 1 heterocycles. The van der Waals surface area contributed by atoms with Gasteiger partial charge in [-0.1, -0.05) is 260 Å². The molecule has 0 saturated carbocycles. The molecule has 11 heteroatoms. The number of rotatable bonds is 52. The van der Waals surface area contributed by atoms with E-state index in [0.717, 1.165) is 116 Å². The van der Waals surface area contributed by atoms with Crippen molar-refractivity contribution in [1.82, 2.24) is 5.32 Å². The molecular weight excluding hydrogens is 967 g/mol. The Labute approximate surface area is 470 Å². The summed E-state index contributed by atoms with van der Waals surface area (Å²) in [5.41, 5.74) is 0. The number of unbranched alkanes of at least 4 members (excludes halogenated alkanes) is 26. The average molecular weight is 1080 g/mol. The third-order valence-corrected chi connectivity index (χ3v) is 14.3. The van der Waals surface area contributed by atoms with E-state index in [4.69, 9.17) is 14.2 Å². The number of carbonyl (C=O) groups is 2. The van der Waals surface area contributed by atoms with Crippen LogP contribution >= 0.6 is 0 Å². The number of esters is 1. The fourth-order valence-electron chi connectivity index (χ4n) is 9.36. The Kier molecular flexibility index (Phi) is 49.9. The van der Waals surface area contributed by atoms with Crippen LogP contribution in [0.2, 0.25) is 0 Å². The van der Waals surface area contributed by atoms with Crippen LogP contribution in [-0.4, -0.2) is 99.6 Å². The maximum absolute atomic E-state index is 13.4. The molecule has 11 nitrogen and oxygen atoms in total. The second-order valence-corrected chi connectivity index (χ2v) is 21.4. The molecule has 1 fully saturated rings. The monoisotopic (exact) mass is 1080 g/mol. The number of ether oxygens (including phenoxy) is 3. The molecule has 1 aliphatic rings. The summed E-state index contributed by atoms with van der Waals surface area (Å²) in [4.78, 5) is 26.5. The Bertz CT molecular complexity index is 1570. The predicted molar refractivity (Wildman–Crippen MR) is 319 cm³/mol. The van der Waals surface area contributed by atoms with Gasteiger partial charge in [-0.3, -0.25) is 9.59 Å². The molecule has 0 aromatic carbocycles. The molecule has 8 atom stereocenters. The first-order chi connectivity index (χ1) is 37.7. The van der Waals surface area contributed by atoms with Crippen molar-refractivity contribution in [1.29, 1.82) is 0 Å². The first-order valence-corrected chi connectivity index (χ1v) is 31.4. The van der Waals surface area contributed by atoms with Gasteiger partial charge in [-0.05, 0) is 77.0 Å². The molecule has 8 unspecified atom stereocenters. The topological polar surface area (TPSA) is 175 Å². The summed E-state index contributed by atoms with van der Waals surface area (Å²) in [7, 11) is 0. The third kappa shape index (κ3) is 41.5. The van der Waals surface area contributed by atoms with Crippen molar-refractivity contribution in [2.45, 2.75) is 307 Å². The first kappa shape index (κ1) is 71.9. The fraction of sp³-hybridized carbons (Fsp3) is 0.758. The first-order valence-electron chi connectivity index (χ1n) is 31.4. The zero-order valence-corrected chi connectivity index (χ0v) is 49.1. The highest BCUT2D eigenvalue weighted by Crippen LogP contribution is 2.26. The van der Waals surface area contributed by atoms with E-state index in [2.05, 4.69) is 99.0 Å². The van der Waals surface area contributed by atoms with Crippen LogP contribution < -0.4 is 5.32 Å². The standard InChI is InChI=1S/C66H115NO10/c1-4-7-10-13-16-19-22-24-25-26-27-28-29-30-31-32-33-34-35-37-39-42-45-48-51-54-61(71)77-64-63(73)62(72)60(55-68)76-66(64)75-56-57(58(69)52-49-46-43-41-38-36-23-20-17-14-11-8-5-2)67-65(74)59(70)53-50-47-44-40-21-18-15-12-9-6-3/h7,10,16,19,24-25,27-28,30-31,33-34,49,52,57-60,62-64,66,68-70,72-73H,4-6,8-9,11-15,17-18,20-23,26,29,32,35-48,50-51,53-56H2,1-3H3,(H,67,74)/b10-7-,19-16-,25-24-,28-27-,31-30-,34-33-,52-49+. The van der Waals surface area contributed by atoms with Crippen LogP contribution in [0, 0.1) is 0 Å². The molecule has 0 spiro atoms. The molecule has 0 bridgehead atoms. The van der Waals surface area contributed by atoms with Crippen LogP contribution in [0.5, 0.6) is 0 Å². The van der Waals surface area contributed by atoms with Crippen molar-refractivity contribution in [2.75, 3.05) is 13.2 Å². The average Bonchev–Trinajstić information content (AvgIpc) is 3.43. The lowest BCUT2D eigenvalue weighted by Crippen LogP contribution is -2.61. The van der Waals surface area contributed by atoms with E-state index in [1.807, 2.05) is 6.08 Å². The van der Waals surface area contributed by atoms with Gasteiger partial charge >= 0.3 is 5.97 Å². The van der Waals surface area contributed by atoms with Crippen LogP contribution in [0.4, 0.5) is 0 Å². The normalized spacial score (nSPS) is 19.6. The van der Waals surface area contributed by atoms with E-state index in [9.17, 15) is 35.1 Å². The summed E-state index contributed by atoms with van der Waals surface area (Å²) < 4.78 is 17.6. The summed E-state index contributed by atoms with van der Waals surface area (Å²) in [6, 6.07) is -1.03. The van der Waals surface area contributed by atoms with E-state index in [0.29, 0.717) is 12.8 Å². The van der Waals surface area contributed by atoms with Crippen molar-refractivity contribution < 1.29 is 49.3 Å². The zero-order chi connectivity index (χ0) is 56.1. The minimum absolute atomic E-state index is 0.103. The van der Waals surface area contributed by atoms with Gasteiger partial charge in [0.2, 0.25) is 5.91 Å². The Balaban J connectivity index is 2.62. The summed E-state index contributed by atoms with van der Waals surface area (Å²) in [6.45, 7) is 5.65. The van der Waals surface area contributed by atoms with Gasteiger partial charge in [0, 0.05) is 6.42 Å². The van der Waals surface area contributed by atoms with E-state index < -0.39 is 67.4 Å². The highest BCUT2D eigenvalue weighted by molar-refractivity contribution is 5.80. The maximum Gasteiger partial charge on any atom is 0.306 e. The lowest BCUT2D eigenvalue weighted by molar-refractivity contribution is -0.305. The van der Waals surface area contributed by atoms with Crippen molar-refractivity contribution >= 4 is 11.9 Å². The molecule has 444 valence electrons. The second-order valence-electron chi connectivity index (χ2n) is 21.4. The molecule has 1 saturated heterocycles. The number of carbonyl (C=O) groups excluding carboxylic acids is 2. The molecule has 6 N–H and O–H groups in total. The lowest BCUT2D eigenvalue weighted by Gasteiger charge is -2.41. The molecular formula is C66H115NO10. The van der Waals surface area contributed by atoms with Gasteiger partial charge in [0.15, 0.2) is 12.4 Å². The van der Waals surface area contributed by atoms with Crippen LogP contribution in [0.25, 0.3) is 0 Å². The molecule has 0 aliphatic carbocycles. The SMILES string of the molecule is CC/C=C\C/C=C\C/C=C\C/C=C\C/C=C\C/C=C\CCCCCCCCC(=O)OC1C(OCC(NC(=O)C(O)CCCCCCCCCCCC)C(O)/C=C/CCCCCCCCCCCCC)OC(CO)C(O)C1O. The van der Waals surface area contributed by atoms with Gasteiger partial charge in [0.05, 0.1) is 25.4 Å². The van der Waals surface area contributed by atoms with E-state index in [1.165, 1.54) is 96.3 Å². The number of hydrogen-bond acceptors (Lipinski definition) is 10. The highest BCUT2D eigenvalue weighted by Gasteiger charge is 2.47. The van der Waals surface area contributed by atoms with Gasteiger partial charge < -0.3 is 45.1 Å². The zero-order valence-electron chi connectivity index (χ0n) is 49.1. The van der Waals surface area contributed by atoms with Crippen LogP contribution in [0.15, 0.2) is 85.1 Å². The van der Waals surface area contributed by atoms with Crippen molar-refractivity contribution in [3.8, 4) is 0 Å². The Morgan fingerprint density at radius 2 is 0.935 bits per heavy atom. The Morgan fingerprint density at radius 3 is 1.40 bits per heavy atom. The molecule has 1 amide bonds. The number of aliphatic hydroxyl groups is 5. The Hall–Kier alpha value is -3.16. The summed E-state index contributed by atoms with van der Waals surface area (Å²) >= 11 is 0. The molecule has 0 aromatic heterocycles. The quantitative estimate of drug-likeness (QED) is 0.0195. The van der Waals surface area contributed by atoms with Crippen molar-refractivity contribution in [2.24, 2.45) is 0 Å². The minimum atomic E-state index is -1.62.